The summed E-state index contributed by atoms with van der Waals surface area (Å²) in [5.74, 6) is 0.114. The van der Waals surface area contributed by atoms with E-state index in [1.54, 1.807) is 24.3 Å². The summed E-state index contributed by atoms with van der Waals surface area (Å²) in [6.45, 7) is -1.65. The molecule has 0 aliphatic carbocycles. The second-order valence-electron chi connectivity index (χ2n) is 4.99. The predicted molar refractivity (Wildman–Crippen MR) is 90.7 cm³/mol. The van der Waals surface area contributed by atoms with Gasteiger partial charge in [0.2, 0.25) is 0 Å². The topological polar surface area (TPSA) is 47.6 Å². The molecule has 140 valence electrons. The molecule has 0 atom stereocenters. The van der Waals surface area contributed by atoms with Gasteiger partial charge in [-0.25, -0.2) is 17.6 Å². The van der Waals surface area contributed by atoms with Crippen molar-refractivity contribution < 1.29 is 31.8 Å². The van der Waals surface area contributed by atoms with Crippen LogP contribution in [0.25, 0.3) is 0 Å². The van der Waals surface area contributed by atoms with E-state index in [1.807, 2.05) is 0 Å². The number of aldehydes is 1. The molecule has 0 radical (unpaired) electrons. The Morgan fingerprint density at radius 3 is 2.12 bits per heavy atom. The molecule has 0 heterocycles. The number of anilines is 1. The number of rotatable bonds is 10. The zero-order valence-electron chi connectivity index (χ0n) is 13.3. The Hall–Kier alpha value is -2.42. The van der Waals surface area contributed by atoms with E-state index < -0.39 is 26.1 Å². The minimum atomic E-state index is -2.67. The van der Waals surface area contributed by atoms with Crippen LogP contribution in [-0.2, 0) is 0 Å². The van der Waals surface area contributed by atoms with Gasteiger partial charge < -0.3 is 14.2 Å². The van der Waals surface area contributed by atoms with Gasteiger partial charge in [-0.2, -0.15) is 0 Å². The smallest absolute Gasteiger partial charge is 0.272 e. The van der Waals surface area contributed by atoms with E-state index in [-0.39, 0.29) is 11.5 Å². The van der Waals surface area contributed by atoms with Crippen LogP contribution in [0.5, 0.6) is 11.5 Å². The van der Waals surface area contributed by atoms with Crippen LogP contribution >= 0.6 is 11.9 Å². The van der Waals surface area contributed by atoms with E-state index in [0.717, 1.165) is 16.8 Å². The van der Waals surface area contributed by atoms with Crippen LogP contribution in [0.15, 0.2) is 47.4 Å². The summed E-state index contributed by atoms with van der Waals surface area (Å²) in [4.78, 5) is 11.5. The van der Waals surface area contributed by atoms with Crippen LogP contribution in [0.4, 0.5) is 23.2 Å². The maximum Gasteiger partial charge on any atom is 0.272 e. The van der Waals surface area contributed by atoms with Crippen molar-refractivity contribution in [3.8, 4) is 11.5 Å². The van der Waals surface area contributed by atoms with Crippen molar-refractivity contribution in [2.24, 2.45) is 0 Å². The molecule has 0 saturated carbocycles. The van der Waals surface area contributed by atoms with Gasteiger partial charge in [0.05, 0.1) is 5.69 Å². The summed E-state index contributed by atoms with van der Waals surface area (Å²) in [5.41, 5.74) is 0.898. The fraction of sp³-hybridized carbons (Fsp3) is 0.235. The van der Waals surface area contributed by atoms with E-state index in [1.165, 1.54) is 18.2 Å². The van der Waals surface area contributed by atoms with Crippen molar-refractivity contribution in [2.75, 3.05) is 17.9 Å². The number of ether oxygens (including phenoxy) is 2. The van der Waals surface area contributed by atoms with E-state index >= 15 is 0 Å². The largest absolute Gasteiger partial charge is 0.487 e. The third-order valence-electron chi connectivity index (χ3n) is 2.91. The van der Waals surface area contributed by atoms with Crippen molar-refractivity contribution >= 4 is 23.9 Å². The van der Waals surface area contributed by atoms with E-state index in [4.69, 9.17) is 9.47 Å². The highest BCUT2D eigenvalue weighted by molar-refractivity contribution is 8.00. The van der Waals surface area contributed by atoms with Crippen LogP contribution in [0.1, 0.15) is 10.4 Å². The molecule has 0 aromatic heterocycles. The van der Waals surface area contributed by atoms with Crippen LogP contribution in [0.2, 0.25) is 0 Å². The van der Waals surface area contributed by atoms with Gasteiger partial charge >= 0.3 is 0 Å². The maximum atomic E-state index is 12.3. The molecule has 0 aliphatic heterocycles. The summed E-state index contributed by atoms with van der Waals surface area (Å²) in [6.07, 6.45) is -4.63. The van der Waals surface area contributed by atoms with Crippen LogP contribution in [-0.4, -0.2) is 32.4 Å². The van der Waals surface area contributed by atoms with Gasteiger partial charge in [-0.1, -0.05) is 12.1 Å². The normalized spacial score (nSPS) is 10.8. The van der Waals surface area contributed by atoms with Crippen molar-refractivity contribution in [3.63, 3.8) is 0 Å². The van der Waals surface area contributed by atoms with Gasteiger partial charge in [-0.15, -0.1) is 0 Å². The monoisotopic (exact) mass is 389 g/mol. The molecule has 2 aromatic carbocycles. The van der Waals surface area contributed by atoms with E-state index in [0.29, 0.717) is 17.5 Å². The molecule has 2 aromatic rings. The quantitative estimate of drug-likeness (QED) is 0.356. The van der Waals surface area contributed by atoms with Gasteiger partial charge in [-0.3, -0.25) is 4.79 Å². The molecule has 4 nitrogen and oxygen atoms in total. The Morgan fingerprint density at radius 2 is 1.58 bits per heavy atom. The lowest BCUT2D eigenvalue weighted by Crippen LogP contribution is -2.09. The first-order valence-corrected chi connectivity index (χ1v) is 8.23. The van der Waals surface area contributed by atoms with Gasteiger partial charge in [0.1, 0.15) is 31.0 Å². The number of halogens is 4. The lowest BCUT2D eigenvalue weighted by Gasteiger charge is -2.13. The summed E-state index contributed by atoms with van der Waals surface area (Å²) < 4.78 is 62.0. The molecule has 1 N–H and O–H groups in total. The molecule has 26 heavy (non-hydrogen) atoms. The van der Waals surface area contributed by atoms with Crippen LogP contribution < -0.4 is 14.2 Å². The van der Waals surface area contributed by atoms with Crippen molar-refractivity contribution in [2.45, 2.75) is 17.7 Å². The van der Waals surface area contributed by atoms with Gasteiger partial charge in [-0.05, 0) is 24.1 Å². The Morgan fingerprint density at radius 1 is 0.962 bits per heavy atom. The molecule has 0 saturated heterocycles. The summed E-state index contributed by atoms with van der Waals surface area (Å²) in [6, 6.07) is 10.9. The second kappa shape index (κ2) is 9.91. The minimum absolute atomic E-state index is 0.0572. The van der Waals surface area contributed by atoms with E-state index in [2.05, 4.69) is 4.72 Å². The number of hydrogen-bond donors (Lipinski definition) is 1. The third kappa shape index (κ3) is 6.83. The Labute approximate surface area is 151 Å². The molecule has 0 spiro atoms. The highest BCUT2D eigenvalue weighted by atomic mass is 32.2. The zero-order valence-corrected chi connectivity index (χ0v) is 14.1. The Bertz CT molecular complexity index is 701. The second-order valence-corrected chi connectivity index (χ2v) is 5.87. The number of hydrogen-bond acceptors (Lipinski definition) is 5. The average Bonchev–Trinajstić information content (AvgIpc) is 2.63. The number of nitrogens with one attached hydrogen (secondary N) is 1. The van der Waals surface area contributed by atoms with Crippen LogP contribution in [0, 0.1) is 0 Å². The first kappa shape index (κ1) is 19.9. The van der Waals surface area contributed by atoms with Gasteiger partial charge in [0.15, 0.2) is 0 Å². The first-order chi connectivity index (χ1) is 12.5. The Kier molecular flexibility index (Phi) is 7.58. The van der Waals surface area contributed by atoms with Crippen molar-refractivity contribution in [1.82, 2.24) is 0 Å². The molecule has 0 amide bonds. The number of benzene rings is 2. The van der Waals surface area contributed by atoms with Gasteiger partial charge in [0.25, 0.3) is 12.9 Å². The van der Waals surface area contributed by atoms with Crippen LogP contribution in [0.3, 0.4) is 0 Å². The third-order valence-corrected chi connectivity index (χ3v) is 3.74. The number of alkyl halides is 4. The lowest BCUT2D eigenvalue weighted by atomic mass is 10.2. The molecule has 2 rings (SSSR count). The summed E-state index contributed by atoms with van der Waals surface area (Å²) in [7, 11) is 0. The van der Waals surface area contributed by atoms with E-state index in [9.17, 15) is 22.4 Å². The Balaban J connectivity index is 2.11. The molecule has 9 heteroatoms. The van der Waals surface area contributed by atoms with Gasteiger partial charge in [0, 0.05) is 28.7 Å². The van der Waals surface area contributed by atoms with Crippen molar-refractivity contribution in [3.05, 3.63) is 48.0 Å². The summed E-state index contributed by atoms with van der Waals surface area (Å²) >= 11 is 1.15. The van der Waals surface area contributed by atoms with Crippen molar-refractivity contribution in [1.29, 1.82) is 0 Å². The maximum absolute atomic E-state index is 12.3. The zero-order chi connectivity index (χ0) is 18.9. The number of carbonyl (C=O) groups is 1. The molecule has 0 unspecified atom stereocenters. The predicted octanol–water partition coefficient (Wildman–Crippen LogP) is 4.91. The average molecular weight is 389 g/mol. The fourth-order valence-corrected chi connectivity index (χ4v) is 2.58. The highest BCUT2D eigenvalue weighted by Gasteiger charge is 2.10. The molecular formula is C17H15F4NO3S. The SMILES string of the molecule is O=Cc1cccc(SNc2cc(OCC(F)F)cc(OCC(F)F)c2)c1. The lowest BCUT2D eigenvalue weighted by molar-refractivity contribution is 0.0785. The minimum Gasteiger partial charge on any atom is -0.487 e. The molecule has 0 aliphatic rings. The molecule has 0 fully saturated rings. The fourth-order valence-electron chi connectivity index (χ4n) is 1.88. The number of carbonyl (C=O) groups excluding carboxylic acids is 1. The molecule has 0 bridgehead atoms. The standard InChI is InChI=1S/C17H15F4NO3S/c18-16(19)9-24-13-5-12(6-14(7-13)25-10-17(20)21)22-26-15-3-1-2-11(4-15)8-23/h1-8,16-17,22H,9-10H2. The molecular weight excluding hydrogens is 374 g/mol. The first-order valence-electron chi connectivity index (χ1n) is 7.41. The summed E-state index contributed by atoms with van der Waals surface area (Å²) in [5, 5.41) is 0. The highest BCUT2D eigenvalue weighted by Crippen LogP contribution is 2.30.